The summed E-state index contributed by atoms with van der Waals surface area (Å²) in [6, 6.07) is 0. The molecule has 0 aliphatic carbocycles. The van der Waals surface area contributed by atoms with Crippen molar-refractivity contribution < 1.29 is 28.6 Å². The lowest BCUT2D eigenvalue weighted by atomic mass is 10.0. The van der Waals surface area contributed by atoms with Gasteiger partial charge in [-0.1, -0.05) is 224 Å². The SMILES string of the molecule is CC/C=C\C/C=C\CCCCCCCCCC(=O)OC(COC(=O)CCC/C=C\CCCCCC)COC(=O)CCCCCCCCCCCCCCCCCCCCC. The zero-order chi connectivity index (χ0) is 43.7. The van der Waals surface area contributed by atoms with Crippen LogP contribution in [-0.2, 0) is 28.6 Å². The second kappa shape index (κ2) is 49.3. The van der Waals surface area contributed by atoms with Crippen molar-refractivity contribution in [2.24, 2.45) is 0 Å². The summed E-state index contributed by atoms with van der Waals surface area (Å²) >= 11 is 0. The van der Waals surface area contributed by atoms with Gasteiger partial charge >= 0.3 is 17.9 Å². The minimum Gasteiger partial charge on any atom is -0.462 e. The number of unbranched alkanes of at least 4 members (excludes halogenated alkanes) is 30. The van der Waals surface area contributed by atoms with E-state index in [9.17, 15) is 14.4 Å². The second-order valence-corrected chi connectivity index (χ2v) is 17.4. The molecule has 0 N–H and O–H groups in total. The third-order valence-electron chi connectivity index (χ3n) is 11.4. The molecule has 0 aliphatic heterocycles. The topological polar surface area (TPSA) is 78.9 Å². The fourth-order valence-corrected chi connectivity index (χ4v) is 7.48. The quantitative estimate of drug-likeness (QED) is 0.0263. The first-order valence-electron chi connectivity index (χ1n) is 26.0. The van der Waals surface area contributed by atoms with Crippen LogP contribution in [0.3, 0.4) is 0 Å². The van der Waals surface area contributed by atoms with Gasteiger partial charge in [-0.15, -0.1) is 0 Å². The molecular weight excluding hydrogens is 745 g/mol. The van der Waals surface area contributed by atoms with Gasteiger partial charge in [0, 0.05) is 19.3 Å². The third kappa shape index (κ3) is 46.7. The largest absolute Gasteiger partial charge is 0.462 e. The molecule has 0 aromatic rings. The molecule has 0 radical (unpaired) electrons. The summed E-state index contributed by atoms with van der Waals surface area (Å²) in [4.78, 5) is 37.8. The van der Waals surface area contributed by atoms with Crippen LogP contribution >= 0.6 is 0 Å². The highest BCUT2D eigenvalue weighted by atomic mass is 16.6. The number of esters is 3. The Kier molecular flexibility index (Phi) is 47.3. The lowest BCUT2D eigenvalue weighted by Gasteiger charge is -2.18. The van der Waals surface area contributed by atoms with Crippen LogP contribution in [-0.4, -0.2) is 37.2 Å². The number of allylic oxidation sites excluding steroid dienone is 6. The highest BCUT2D eigenvalue weighted by Crippen LogP contribution is 2.16. The number of hydrogen-bond donors (Lipinski definition) is 0. The molecule has 0 spiro atoms. The van der Waals surface area contributed by atoms with Crippen LogP contribution in [0.15, 0.2) is 36.5 Å². The summed E-state index contributed by atoms with van der Waals surface area (Å²) in [5.41, 5.74) is 0. The molecule has 0 saturated carbocycles. The van der Waals surface area contributed by atoms with Gasteiger partial charge in [0.2, 0.25) is 0 Å². The van der Waals surface area contributed by atoms with Crippen LogP contribution in [0, 0.1) is 0 Å². The van der Waals surface area contributed by atoms with E-state index < -0.39 is 6.10 Å². The lowest BCUT2D eigenvalue weighted by Crippen LogP contribution is -2.30. The van der Waals surface area contributed by atoms with E-state index in [2.05, 4.69) is 57.2 Å². The zero-order valence-corrected chi connectivity index (χ0v) is 40.0. The molecule has 6 nitrogen and oxygen atoms in total. The first-order chi connectivity index (χ1) is 29.5. The predicted molar refractivity (Wildman–Crippen MR) is 256 cm³/mol. The summed E-state index contributed by atoms with van der Waals surface area (Å²) in [7, 11) is 0. The Morgan fingerprint density at radius 1 is 0.350 bits per heavy atom. The molecule has 0 rings (SSSR count). The van der Waals surface area contributed by atoms with Gasteiger partial charge in [-0.25, -0.2) is 0 Å². The molecule has 0 aromatic carbocycles. The summed E-state index contributed by atoms with van der Waals surface area (Å²) in [6.07, 6.45) is 57.2. The first kappa shape index (κ1) is 57.6. The Morgan fingerprint density at radius 3 is 1.10 bits per heavy atom. The van der Waals surface area contributed by atoms with Crippen molar-refractivity contribution in [1.29, 1.82) is 0 Å². The number of carbonyl (C=O) groups is 3. The van der Waals surface area contributed by atoms with Gasteiger partial charge in [0.1, 0.15) is 13.2 Å². The van der Waals surface area contributed by atoms with Gasteiger partial charge in [0.15, 0.2) is 6.10 Å². The number of hydrogen-bond acceptors (Lipinski definition) is 6. The van der Waals surface area contributed by atoms with E-state index in [0.717, 1.165) is 77.0 Å². The monoisotopic (exact) mass is 843 g/mol. The minimum atomic E-state index is -0.782. The molecule has 0 aliphatic rings. The Morgan fingerprint density at radius 2 is 0.667 bits per heavy atom. The minimum absolute atomic E-state index is 0.0810. The van der Waals surface area contributed by atoms with Gasteiger partial charge in [0.25, 0.3) is 0 Å². The van der Waals surface area contributed by atoms with Crippen molar-refractivity contribution in [3.63, 3.8) is 0 Å². The van der Waals surface area contributed by atoms with Crippen LogP contribution in [0.5, 0.6) is 0 Å². The highest BCUT2D eigenvalue weighted by molar-refractivity contribution is 5.71. The fraction of sp³-hybridized carbons (Fsp3) is 0.833. The van der Waals surface area contributed by atoms with Crippen LogP contribution in [0.4, 0.5) is 0 Å². The summed E-state index contributed by atoms with van der Waals surface area (Å²) in [5, 5.41) is 0. The van der Waals surface area contributed by atoms with Gasteiger partial charge in [-0.2, -0.15) is 0 Å². The van der Waals surface area contributed by atoms with E-state index >= 15 is 0 Å². The molecule has 1 unspecified atom stereocenters. The Balaban J connectivity index is 4.27. The molecule has 0 fully saturated rings. The van der Waals surface area contributed by atoms with Crippen molar-refractivity contribution in [3.05, 3.63) is 36.5 Å². The van der Waals surface area contributed by atoms with E-state index in [1.807, 2.05) is 0 Å². The maximum absolute atomic E-state index is 12.8. The van der Waals surface area contributed by atoms with Gasteiger partial charge in [-0.05, 0) is 64.2 Å². The third-order valence-corrected chi connectivity index (χ3v) is 11.4. The Bertz CT molecular complexity index is 1020. The first-order valence-corrected chi connectivity index (χ1v) is 26.0. The smallest absolute Gasteiger partial charge is 0.306 e. The van der Waals surface area contributed by atoms with E-state index in [4.69, 9.17) is 14.2 Å². The zero-order valence-electron chi connectivity index (χ0n) is 40.0. The van der Waals surface area contributed by atoms with Gasteiger partial charge in [0.05, 0.1) is 0 Å². The molecule has 0 saturated heterocycles. The molecule has 0 amide bonds. The molecule has 0 heterocycles. The molecule has 0 bridgehead atoms. The van der Waals surface area contributed by atoms with Crippen molar-refractivity contribution in [1.82, 2.24) is 0 Å². The van der Waals surface area contributed by atoms with Crippen molar-refractivity contribution in [3.8, 4) is 0 Å². The maximum Gasteiger partial charge on any atom is 0.306 e. The van der Waals surface area contributed by atoms with Gasteiger partial charge in [-0.3, -0.25) is 14.4 Å². The van der Waals surface area contributed by atoms with Crippen LogP contribution in [0.1, 0.15) is 271 Å². The van der Waals surface area contributed by atoms with Crippen LogP contribution in [0.2, 0.25) is 0 Å². The molecular formula is C54H98O6. The predicted octanol–water partition coefficient (Wildman–Crippen LogP) is 16.9. The standard InChI is InChI=1S/C54H98O6/c1-4-7-10-13-16-19-21-23-25-26-27-28-29-31-32-35-38-41-44-47-53(56)59-50-51(49-58-52(55)46-43-40-37-34-18-15-12-9-6-3)60-54(57)48-45-42-39-36-33-30-24-22-20-17-14-11-8-5-2/h8,11,17,20,34,37,51H,4-7,9-10,12-16,18-19,21-33,35-36,38-50H2,1-3H3/b11-8-,20-17-,37-34-. The fourth-order valence-electron chi connectivity index (χ4n) is 7.48. The van der Waals surface area contributed by atoms with E-state index in [-0.39, 0.29) is 31.1 Å². The maximum atomic E-state index is 12.8. The molecule has 350 valence electrons. The van der Waals surface area contributed by atoms with Crippen molar-refractivity contribution in [2.75, 3.05) is 13.2 Å². The van der Waals surface area contributed by atoms with Crippen LogP contribution < -0.4 is 0 Å². The second-order valence-electron chi connectivity index (χ2n) is 17.4. The Hall–Kier alpha value is -2.37. The van der Waals surface area contributed by atoms with Crippen molar-refractivity contribution in [2.45, 2.75) is 277 Å². The Labute approximate surface area is 372 Å². The molecule has 0 aromatic heterocycles. The molecule has 6 heteroatoms. The van der Waals surface area contributed by atoms with E-state index in [1.54, 1.807) is 0 Å². The number of carbonyl (C=O) groups excluding carboxylic acids is 3. The average molecular weight is 843 g/mol. The average Bonchev–Trinajstić information content (AvgIpc) is 3.24. The highest BCUT2D eigenvalue weighted by Gasteiger charge is 2.19. The number of rotatable bonds is 47. The summed E-state index contributed by atoms with van der Waals surface area (Å²) < 4.78 is 16.7. The van der Waals surface area contributed by atoms with Crippen molar-refractivity contribution >= 4 is 17.9 Å². The van der Waals surface area contributed by atoms with Gasteiger partial charge < -0.3 is 14.2 Å². The molecule has 60 heavy (non-hydrogen) atoms. The lowest BCUT2D eigenvalue weighted by molar-refractivity contribution is -0.167. The summed E-state index contributed by atoms with van der Waals surface area (Å²) in [5.74, 6) is -0.917. The summed E-state index contributed by atoms with van der Waals surface area (Å²) in [6.45, 7) is 6.49. The normalized spacial score (nSPS) is 12.2. The molecule has 1 atom stereocenters. The van der Waals surface area contributed by atoms with Crippen LogP contribution in [0.25, 0.3) is 0 Å². The van der Waals surface area contributed by atoms with E-state index in [1.165, 1.54) is 154 Å². The number of ether oxygens (including phenoxy) is 3. The van der Waals surface area contributed by atoms with E-state index in [0.29, 0.717) is 19.3 Å².